The SMILES string of the molecule is CCC(=O)N1c2ccccc2-c2c(=O)[nH]c(SC)n[n+]2[C@@H]1c1cccc(Cl)c1Cl. The highest BCUT2D eigenvalue weighted by Crippen LogP contribution is 2.40. The fourth-order valence-electron chi connectivity index (χ4n) is 3.50. The molecule has 0 unspecified atom stereocenters. The van der Waals surface area contributed by atoms with Crippen LogP contribution < -0.4 is 15.1 Å². The van der Waals surface area contributed by atoms with Crippen LogP contribution in [0.1, 0.15) is 25.1 Å². The van der Waals surface area contributed by atoms with Gasteiger partial charge in [-0.2, -0.15) is 0 Å². The van der Waals surface area contributed by atoms with Gasteiger partial charge < -0.3 is 0 Å². The van der Waals surface area contributed by atoms with E-state index in [0.717, 1.165) is 0 Å². The number of para-hydroxylation sites is 1. The molecule has 0 fully saturated rings. The number of aromatic nitrogens is 3. The van der Waals surface area contributed by atoms with Gasteiger partial charge in [-0.1, -0.05) is 60.1 Å². The van der Waals surface area contributed by atoms with Crippen LogP contribution >= 0.6 is 35.0 Å². The average molecular weight is 448 g/mol. The van der Waals surface area contributed by atoms with E-state index in [1.165, 1.54) is 11.8 Å². The summed E-state index contributed by atoms with van der Waals surface area (Å²) >= 11 is 14.1. The number of nitrogens with one attached hydrogen (secondary N) is 1. The Morgan fingerprint density at radius 2 is 2.00 bits per heavy atom. The monoisotopic (exact) mass is 447 g/mol. The number of amides is 1. The minimum atomic E-state index is -0.744. The highest BCUT2D eigenvalue weighted by molar-refractivity contribution is 7.98. The third kappa shape index (κ3) is 3.23. The minimum Gasteiger partial charge on any atom is -0.291 e. The van der Waals surface area contributed by atoms with Crippen LogP contribution in [0.25, 0.3) is 11.3 Å². The lowest BCUT2D eigenvalue weighted by atomic mass is 10.0. The molecule has 0 saturated heterocycles. The summed E-state index contributed by atoms with van der Waals surface area (Å²) in [4.78, 5) is 30.5. The third-order valence-electron chi connectivity index (χ3n) is 4.78. The molecule has 1 N–H and O–H groups in total. The van der Waals surface area contributed by atoms with Crippen molar-refractivity contribution in [2.24, 2.45) is 0 Å². The number of hydrogen-bond acceptors (Lipinski definition) is 4. The molecule has 0 saturated carbocycles. The molecule has 0 spiro atoms. The maximum atomic E-state index is 13.1. The van der Waals surface area contributed by atoms with Crippen molar-refractivity contribution in [1.82, 2.24) is 10.1 Å². The second-order valence-corrected chi connectivity index (χ2v) is 7.99. The van der Waals surface area contributed by atoms with Crippen molar-refractivity contribution in [2.45, 2.75) is 24.7 Å². The molecule has 6 nitrogen and oxygen atoms in total. The van der Waals surface area contributed by atoms with E-state index >= 15 is 0 Å². The Hall–Kier alpha value is -2.35. The van der Waals surface area contributed by atoms with E-state index < -0.39 is 6.17 Å². The van der Waals surface area contributed by atoms with Gasteiger partial charge in [0.05, 0.1) is 26.9 Å². The predicted molar refractivity (Wildman–Crippen MR) is 115 cm³/mol. The van der Waals surface area contributed by atoms with E-state index in [0.29, 0.717) is 37.7 Å². The second-order valence-electron chi connectivity index (χ2n) is 6.41. The van der Waals surface area contributed by atoms with Crippen LogP contribution in [0.2, 0.25) is 10.0 Å². The molecule has 0 bridgehead atoms. The average Bonchev–Trinajstić information content (AvgIpc) is 2.74. The van der Waals surface area contributed by atoms with Gasteiger partial charge in [0, 0.05) is 11.5 Å². The number of anilines is 1. The molecule has 1 aromatic heterocycles. The number of carbonyl (C=O) groups excluding carboxylic acids is 1. The fourth-order valence-corrected chi connectivity index (χ4v) is 4.27. The molecule has 2 aromatic carbocycles. The van der Waals surface area contributed by atoms with E-state index in [1.54, 1.807) is 34.7 Å². The van der Waals surface area contributed by atoms with E-state index in [9.17, 15) is 9.59 Å². The molecular weight excluding hydrogens is 431 g/mol. The predicted octanol–water partition coefficient (Wildman–Crippen LogP) is 4.06. The molecule has 3 aromatic rings. The van der Waals surface area contributed by atoms with Crippen molar-refractivity contribution in [3.05, 3.63) is 68.4 Å². The van der Waals surface area contributed by atoms with Crippen molar-refractivity contribution in [3.63, 3.8) is 0 Å². The Labute approximate surface area is 181 Å². The van der Waals surface area contributed by atoms with E-state index in [4.69, 9.17) is 23.2 Å². The molecule has 29 heavy (non-hydrogen) atoms. The molecule has 4 rings (SSSR count). The van der Waals surface area contributed by atoms with Crippen molar-refractivity contribution < 1.29 is 9.48 Å². The fraction of sp³-hybridized carbons (Fsp3) is 0.200. The molecule has 148 valence electrons. The zero-order chi connectivity index (χ0) is 20.7. The van der Waals surface area contributed by atoms with Crippen molar-refractivity contribution in [2.75, 3.05) is 11.2 Å². The molecule has 1 aliphatic heterocycles. The van der Waals surface area contributed by atoms with Crippen LogP contribution in [-0.2, 0) is 4.79 Å². The lowest BCUT2D eigenvalue weighted by molar-refractivity contribution is -0.763. The van der Waals surface area contributed by atoms with E-state index in [-0.39, 0.29) is 17.9 Å². The van der Waals surface area contributed by atoms with Crippen molar-refractivity contribution in [3.8, 4) is 11.3 Å². The van der Waals surface area contributed by atoms with Crippen LogP contribution in [0.15, 0.2) is 52.4 Å². The van der Waals surface area contributed by atoms with Gasteiger partial charge in [-0.3, -0.25) is 14.6 Å². The molecule has 0 aliphatic carbocycles. The zero-order valence-electron chi connectivity index (χ0n) is 15.6. The smallest absolute Gasteiger partial charge is 0.291 e. The number of thioether (sulfide) groups is 1. The molecule has 1 aliphatic rings. The topological polar surface area (TPSA) is 69.9 Å². The summed E-state index contributed by atoms with van der Waals surface area (Å²) in [5.41, 5.74) is 1.92. The molecule has 2 heterocycles. The Kier molecular flexibility index (Phi) is 5.38. The first-order valence-electron chi connectivity index (χ1n) is 8.93. The molecule has 0 radical (unpaired) electrons. The van der Waals surface area contributed by atoms with Gasteiger partial charge in [-0.05, 0) is 35.2 Å². The summed E-state index contributed by atoms with van der Waals surface area (Å²) in [6.45, 7) is 1.79. The summed E-state index contributed by atoms with van der Waals surface area (Å²) in [5, 5.41) is 5.73. The van der Waals surface area contributed by atoms with Gasteiger partial charge in [0.2, 0.25) is 11.1 Å². The van der Waals surface area contributed by atoms with E-state index in [1.807, 2.05) is 30.5 Å². The summed E-state index contributed by atoms with van der Waals surface area (Å²) in [6.07, 6.45) is 1.35. The van der Waals surface area contributed by atoms with Gasteiger partial charge >= 0.3 is 11.3 Å². The van der Waals surface area contributed by atoms with Gasteiger partial charge in [0.15, 0.2) is 0 Å². The molecule has 1 amide bonds. The number of rotatable bonds is 3. The lowest BCUT2D eigenvalue weighted by Crippen LogP contribution is -2.61. The first-order chi connectivity index (χ1) is 14.0. The molecular formula is C20H17Cl2N4O2S+. The standard InChI is InChI=1S/C20H16Cl2N4O2S/c1-3-15(27)25-14-10-5-4-7-11(14)17-18(28)23-20(29-2)24-26(17)19(25)12-8-6-9-13(21)16(12)22/h4-10,19H,3H2,1-2H3/p+1/t19-/m1/s1. The lowest BCUT2D eigenvalue weighted by Gasteiger charge is -2.32. The maximum absolute atomic E-state index is 13.1. The number of benzene rings is 2. The summed E-state index contributed by atoms with van der Waals surface area (Å²) in [5.74, 6) is -0.121. The van der Waals surface area contributed by atoms with Crippen LogP contribution in [0, 0.1) is 0 Å². The van der Waals surface area contributed by atoms with Crippen molar-refractivity contribution >= 4 is 46.6 Å². The second kappa shape index (κ2) is 7.82. The van der Waals surface area contributed by atoms with Gasteiger partial charge in [-0.15, -0.1) is 0 Å². The highest BCUT2D eigenvalue weighted by atomic mass is 35.5. The number of nitrogens with zero attached hydrogens (tertiary/aromatic N) is 3. The number of fused-ring (bicyclic) bond motifs is 3. The maximum Gasteiger partial charge on any atom is 0.325 e. The third-order valence-corrected chi connectivity index (χ3v) is 6.19. The Morgan fingerprint density at radius 1 is 1.24 bits per heavy atom. The summed E-state index contributed by atoms with van der Waals surface area (Å²) in [6, 6.07) is 12.5. The number of H-pyrrole nitrogens is 1. The van der Waals surface area contributed by atoms with Crippen LogP contribution in [0.5, 0.6) is 0 Å². The first-order valence-corrected chi connectivity index (χ1v) is 10.9. The van der Waals surface area contributed by atoms with Crippen LogP contribution in [0.3, 0.4) is 0 Å². The molecule has 9 heteroatoms. The largest absolute Gasteiger partial charge is 0.325 e. The Balaban J connectivity index is 2.13. The summed E-state index contributed by atoms with van der Waals surface area (Å²) < 4.78 is 1.57. The van der Waals surface area contributed by atoms with E-state index in [2.05, 4.69) is 10.1 Å². The number of hydrogen-bond donors (Lipinski definition) is 1. The number of carbonyl (C=O) groups is 1. The Bertz CT molecular complexity index is 1180. The van der Waals surface area contributed by atoms with Gasteiger partial charge in [0.1, 0.15) is 0 Å². The zero-order valence-corrected chi connectivity index (χ0v) is 18.0. The Morgan fingerprint density at radius 3 is 2.72 bits per heavy atom. The van der Waals surface area contributed by atoms with Crippen LogP contribution in [-0.4, -0.2) is 22.2 Å². The number of aromatic amines is 1. The molecule has 1 atom stereocenters. The van der Waals surface area contributed by atoms with Gasteiger partial charge in [0.25, 0.3) is 6.17 Å². The minimum absolute atomic E-state index is 0.121. The quantitative estimate of drug-likeness (QED) is 0.485. The van der Waals surface area contributed by atoms with Gasteiger partial charge in [-0.25, -0.2) is 4.90 Å². The van der Waals surface area contributed by atoms with Crippen molar-refractivity contribution in [1.29, 1.82) is 0 Å². The normalized spacial score (nSPS) is 15.0. The van der Waals surface area contributed by atoms with Crippen LogP contribution in [0.4, 0.5) is 5.69 Å². The first kappa shape index (κ1) is 19.9. The summed E-state index contributed by atoms with van der Waals surface area (Å²) in [7, 11) is 0. The highest BCUT2D eigenvalue weighted by Gasteiger charge is 2.46. The number of halogens is 2.